The number of hydrogen-bond acceptors (Lipinski definition) is 5. The number of ether oxygens (including phenoxy) is 2. The van der Waals surface area contributed by atoms with Crippen molar-refractivity contribution in [1.82, 2.24) is 10.2 Å². The lowest BCUT2D eigenvalue weighted by atomic mass is 10.1. The van der Waals surface area contributed by atoms with Gasteiger partial charge in [0.05, 0.1) is 19.9 Å². The normalized spacial score (nSPS) is 10.1. The van der Waals surface area contributed by atoms with Crippen molar-refractivity contribution in [3.63, 3.8) is 0 Å². The summed E-state index contributed by atoms with van der Waals surface area (Å²) in [5.74, 6) is 2.26. The summed E-state index contributed by atoms with van der Waals surface area (Å²) in [6.07, 6.45) is 0. The fraction of sp³-hybridized carbons (Fsp3) is 0.286. The minimum absolute atomic E-state index is 0.742. The Kier molecular flexibility index (Phi) is 4.18. The zero-order valence-corrected chi connectivity index (χ0v) is 11.3. The molecule has 1 aromatic carbocycles. The number of hydrogen-bond donors (Lipinski definition) is 1. The molecule has 0 fully saturated rings. The van der Waals surface area contributed by atoms with Crippen molar-refractivity contribution in [2.45, 2.75) is 6.92 Å². The van der Waals surface area contributed by atoms with Gasteiger partial charge in [-0.15, -0.1) is 10.2 Å². The zero-order valence-electron chi connectivity index (χ0n) is 11.3. The maximum absolute atomic E-state index is 5.34. The lowest BCUT2D eigenvalue weighted by molar-refractivity contribution is 0.404. The van der Waals surface area contributed by atoms with Crippen LogP contribution in [-0.2, 0) is 0 Å². The van der Waals surface area contributed by atoms with Crippen molar-refractivity contribution in [2.24, 2.45) is 0 Å². The second-order valence-corrected chi connectivity index (χ2v) is 3.90. The van der Waals surface area contributed by atoms with Crippen LogP contribution in [0.3, 0.4) is 0 Å². The molecule has 0 unspecified atom stereocenters. The Morgan fingerprint density at radius 3 is 2.47 bits per heavy atom. The molecule has 2 aromatic rings. The summed E-state index contributed by atoms with van der Waals surface area (Å²) in [5, 5.41) is 11.4. The van der Waals surface area contributed by atoms with Gasteiger partial charge in [-0.25, -0.2) is 0 Å². The third-order valence-corrected chi connectivity index (χ3v) is 2.71. The highest BCUT2D eigenvalue weighted by atomic mass is 16.5. The average molecular weight is 259 g/mol. The summed E-state index contributed by atoms with van der Waals surface area (Å²) in [7, 11) is 3.26. The smallest absolute Gasteiger partial charge is 0.148 e. The molecule has 0 spiro atoms. The number of methoxy groups -OCH3 is 2. The molecule has 5 heteroatoms. The van der Waals surface area contributed by atoms with E-state index in [2.05, 4.69) is 15.5 Å². The molecule has 0 bridgehead atoms. The Bertz CT molecular complexity index is 541. The van der Waals surface area contributed by atoms with Gasteiger partial charge in [0.1, 0.15) is 17.3 Å². The highest BCUT2D eigenvalue weighted by molar-refractivity contribution is 5.69. The van der Waals surface area contributed by atoms with Gasteiger partial charge in [-0.2, -0.15) is 0 Å². The van der Waals surface area contributed by atoms with Gasteiger partial charge in [0.2, 0.25) is 0 Å². The Balaban J connectivity index is 2.38. The fourth-order valence-corrected chi connectivity index (χ4v) is 1.77. The summed E-state index contributed by atoms with van der Waals surface area (Å²) < 4.78 is 10.6. The first kappa shape index (κ1) is 13.1. The average Bonchev–Trinajstić information content (AvgIpc) is 2.47. The monoisotopic (exact) mass is 259 g/mol. The maximum atomic E-state index is 5.34. The van der Waals surface area contributed by atoms with Crippen molar-refractivity contribution in [2.75, 3.05) is 26.1 Å². The van der Waals surface area contributed by atoms with Crippen LogP contribution < -0.4 is 14.8 Å². The number of rotatable bonds is 5. The van der Waals surface area contributed by atoms with E-state index in [9.17, 15) is 0 Å². The topological polar surface area (TPSA) is 56.3 Å². The first-order chi connectivity index (χ1) is 9.28. The van der Waals surface area contributed by atoms with Crippen LogP contribution >= 0.6 is 0 Å². The lowest BCUT2D eigenvalue weighted by Gasteiger charge is -2.10. The van der Waals surface area contributed by atoms with E-state index in [0.29, 0.717) is 0 Å². The molecule has 0 aliphatic heterocycles. The van der Waals surface area contributed by atoms with E-state index < -0.39 is 0 Å². The van der Waals surface area contributed by atoms with Gasteiger partial charge in [0, 0.05) is 12.1 Å². The third-order valence-electron chi connectivity index (χ3n) is 2.71. The van der Waals surface area contributed by atoms with E-state index in [-0.39, 0.29) is 0 Å². The third kappa shape index (κ3) is 2.93. The van der Waals surface area contributed by atoms with Crippen LogP contribution in [0.4, 0.5) is 5.82 Å². The van der Waals surface area contributed by atoms with E-state index in [1.807, 2.05) is 37.3 Å². The van der Waals surface area contributed by atoms with Gasteiger partial charge < -0.3 is 14.8 Å². The fourth-order valence-electron chi connectivity index (χ4n) is 1.77. The molecule has 0 amide bonds. The molecular formula is C14H17N3O2. The van der Waals surface area contributed by atoms with Gasteiger partial charge in [0.15, 0.2) is 0 Å². The molecule has 0 radical (unpaired) electrons. The Morgan fingerprint density at radius 1 is 1.05 bits per heavy atom. The van der Waals surface area contributed by atoms with E-state index in [1.54, 1.807) is 14.2 Å². The Hall–Kier alpha value is -2.30. The molecule has 0 aliphatic rings. The van der Waals surface area contributed by atoms with E-state index in [1.165, 1.54) is 0 Å². The van der Waals surface area contributed by atoms with Crippen molar-refractivity contribution in [1.29, 1.82) is 0 Å². The van der Waals surface area contributed by atoms with Crippen LogP contribution in [0.15, 0.2) is 30.3 Å². The largest absolute Gasteiger partial charge is 0.497 e. The van der Waals surface area contributed by atoms with Crippen LogP contribution in [0, 0.1) is 0 Å². The Morgan fingerprint density at radius 2 is 1.89 bits per heavy atom. The highest BCUT2D eigenvalue weighted by Crippen LogP contribution is 2.32. The van der Waals surface area contributed by atoms with Gasteiger partial charge in [-0.1, -0.05) is 0 Å². The minimum Gasteiger partial charge on any atom is -0.497 e. The lowest BCUT2D eigenvalue weighted by Crippen LogP contribution is -2.01. The number of anilines is 1. The van der Waals surface area contributed by atoms with Gasteiger partial charge in [-0.05, 0) is 37.3 Å². The van der Waals surface area contributed by atoms with Gasteiger partial charge in [-0.3, -0.25) is 0 Å². The summed E-state index contributed by atoms with van der Waals surface area (Å²) in [6.45, 7) is 2.83. The molecule has 1 N–H and O–H groups in total. The van der Waals surface area contributed by atoms with E-state index in [0.717, 1.165) is 35.1 Å². The Labute approximate surface area is 112 Å². The predicted octanol–water partition coefficient (Wildman–Crippen LogP) is 2.59. The highest BCUT2D eigenvalue weighted by Gasteiger charge is 2.09. The van der Waals surface area contributed by atoms with Crippen LogP contribution in [0.5, 0.6) is 11.5 Å². The predicted molar refractivity (Wildman–Crippen MR) is 74.7 cm³/mol. The van der Waals surface area contributed by atoms with E-state index >= 15 is 0 Å². The van der Waals surface area contributed by atoms with Crippen molar-refractivity contribution in [3.05, 3.63) is 30.3 Å². The molecule has 0 atom stereocenters. The number of aromatic nitrogens is 2. The maximum Gasteiger partial charge on any atom is 0.148 e. The quantitative estimate of drug-likeness (QED) is 0.894. The number of benzene rings is 1. The first-order valence-corrected chi connectivity index (χ1v) is 6.08. The molecule has 100 valence electrons. The van der Waals surface area contributed by atoms with Crippen molar-refractivity contribution >= 4 is 5.82 Å². The molecular weight excluding hydrogens is 242 g/mol. The minimum atomic E-state index is 0.742. The number of nitrogens with zero attached hydrogens (tertiary/aromatic N) is 2. The summed E-state index contributed by atoms with van der Waals surface area (Å²) in [5.41, 5.74) is 1.61. The second kappa shape index (κ2) is 6.04. The molecule has 1 aromatic heterocycles. The van der Waals surface area contributed by atoms with Crippen LogP contribution in [0.2, 0.25) is 0 Å². The second-order valence-electron chi connectivity index (χ2n) is 3.90. The van der Waals surface area contributed by atoms with Crippen molar-refractivity contribution in [3.8, 4) is 22.8 Å². The van der Waals surface area contributed by atoms with E-state index in [4.69, 9.17) is 9.47 Å². The summed E-state index contributed by atoms with van der Waals surface area (Å²) in [6, 6.07) is 9.39. The summed E-state index contributed by atoms with van der Waals surface area (Å²) in [4.78, 5) is 0. The van der Waals surface area contributed by atoms with Crippen LogP contribution in [0.25, 0.3) is 11.3 Å². The summed E-state index contributed by atoms with van der Waals surface area (Å²) >= 11 is 0. The molecule has 1 heterocycles. The molecule has 0 saturated carbocycles. The molecule has 19 heavy (non-hydrogen) atoms. The molecule has 0 saturated heterocycles. The molecule has 2 rings (SSSR count). The number of nitrogens with one attached hydrogen (secondary N) is 1. The van der Waals surface area contributed by atoms with Crippen LogP contribution in [-0.4, -0.2) is 31.0 Å². The zero-order chi connectivity index (χ0) is 13.7. The van der Waals surface area contributed by atoms with Crippen molar-refractivity contribution < 1.29 is 9.47 Å². The van der Waals surface area contributed by atoms with Crippen LogP contribution in [0.1, 0.15) is 6.92 Å². The molecule has 5 nitrogen and oxygen atoms in total. The first-order valence-electron chi connectivity index (χ1n) is 6.08. The SMILES string of the molecule is CCNc1ccc(-c2cc(OC)ccc2OC)nn1. The molecule has 0 aliphatic carbocycles. The standard InChI is InChI=1S/C14H17N3O2/c1-4-15-14-8-6-12(16-17-14)11-9-10(18-2)5-7-13(11)19-3/h5-9H,4H2,1-3H3,(H,15,17). The van der Waals surface area contributed by atoms with Gasteiger partial charge in [0.25, 0.3) is 0 Å². The van der Waals surface area contributed by atoms with Gasteiger partial charge >= 0.3 is 0 Å².